The third-order valence-electron chi connectivity index (χ3n) is 6.89. The second-order valence-corrected chi connectivity index (χ2v) is 9.78. The van der Waals surface area contributed by atoms with Crippen LogP contribution in [0, 0.1) is 12.3 Å². The molecule has 5 heterocycles. The number of nitrogens with zero attached hydrogens (tertiary/aromatic N) is 3. The molecule has 3 atom stereocenters. The van der Waals surface area contributed by atoms with E-state index in [1.807, 2.05) is 32.2 Å². The quantitative estimate of drug-likeness (QED) is 0.522. The molecule has 170 valence electrons. The molecule has 0 bridgehead atoms. The SMILES string of the molecule is Cc1c2c(cc3c(-c4nccs4)noc13)CC1(C(=O)NC(=O)NC1=O)[C@H]1[C@H](C)O[C@H](C)CN21. The molecule has 2 aromatic heterocycles. The van der Waals surface area contributed by atoms with Gasteiger partial charge < -0.3 is 14.2 Å². The van der Waals surface area contributed by atoms with Gasteiger partial charge in [-0.3, -0.25) is 20.2 Å². The van der Waals surface area contributed by atoms with E-state index < -0.39 is 35.4 Å². The predicted molar refractivity (Wildman–Crippen MR) is 119 cm³/mol. The molecule has 0 saturated carbocycles. The van der Waals surface area contributed by atoms with Crippen molar-refractivity contribution in [2.45, 2.75) is 45.4 Å². The van der Waals surface area contributed by atoms with Crippen molar-refractivity contribution < 1.29 is 23.6 Å². The van der Waals surface area contributed by atoms with Gasteiger partial charge in [-0.1, -0.05) is 5.16 Å². The number of aryl methyl sites for hydroxylation is 1. The summed E-state index contributed by atoms with van der Waals surface area (Å²) >= 11 is 1.45. The Morgan fingerprint density at radius 1 is 1.21 bits per heavy atom. The van der Waals surface area contributed by atoms with E-state index in [-0.39, 0.29) is 12.5 Å². The van der Waals surface area contributed by atoms with Gasteiger partial charge in [0.05, 0.1) is 23.6 Å². The van der Waals surface area contributed by atoms with Gasteiger partial charge in [0.2, 0.25) is 11.8 Å². The Hall–Kier alpha value is -3.31. The molecule has 11 heteroatoms. The Bertz CT molecular complexity index is 1310. The molecule has 4 amide bonds. The van der Waals surface area contributed by atoms with Crippen LogP contribution in [-0.4, -0.2) is 52.8 Å². The third-order valence-corrected chi connectivity index (χ3v) is 7.67. The molecule has 2 fully saturated rings. The summed E-state index contributed by atoms with van der Waals surface area (Å²) in [4.78, 5) is 45.0. The summed E-state index contributed by atoms with van der Waals surface area (Å²) in [7, 11) is 0. The van der Waals surface area contributed by atoms with Crippen LogP contribution in [0.2, 0.25) is 0 Å². The molecular formula is C22H21N5O5S. The van der Waals surface area contributed by atoms with Crippen LogP contribution >= 0.6 is 11.3 Å². The topological polar surface area (TPSA) is 127 Å². The van der Waals surface area contributed by atoms with Crippen molar-refractivity contribution in [1.82, 2.24) is 20.8 Å². The fourth-order valence-electron chi connectivity index (χ4n) is 5.74. The van der Waals surface area contributed by atoms with E-state index in [9.17, 15) is 14.4 Å². The number of imide groups is 2. The van der Waals surface area contributed by atoms with E-state index in [2.05, 4.69) is 25.7 Å². The molecule has 2 N–H and O–H groups in total. The molecule has 1 aromatic carbocycles. The van der Waals surface area contributed by atoms with Gasteiger partial charge in [0.15, 0.2) is 11.0 Å². The highest BCUT2D eigenvalue weighted by atomic mass is 32.1. The van der Waals surface area contributed by atoms with Gasteiger partial charge in [0.25, 0.3) is 0 Å². The van der Waals surface area contributed by atoms with Crippen molar-refractivity contribution in [2.24, 2.45) is 5.41 Å². The van der Waals surface area contributed by atoms with Crippen LogP contribution in [0.25, 0.3) is 21.7 Å². The monoisotopic (exact) mass is 467 g/mol. The lowest BCUT2D eigenvalue weighted by Crippen LogP contribution is -2.75. The number of nitrogens with one attached hydrogen (secondary N) is 2. The number of amides is 4. The molecule has 2 saturated heterocycles. The van der Waals surface area contributed by atoms with E-state index in [1.54, 1.807) is 6.20 Å². The van der Waals surface area contributed by atoms with Crippen molar-refractivity contribution in [2.75, 3.05) is 11.4 Å². The first-order valence-corrected chi connectivity index (χ1v) is 11.6. The second-order valence-electron chi connectivity index (χ2n) is 8.89. The number of carbonyl (C=O) groups excluding carboxylic acids is 3. The lowest BCUT2D eigenvalue weighted by molar-refractivity contribution is -0.153. The predicted octanol–water partition coefficient (Wildman–Crippen LogP) is 2.15. The highest BCUT2D eigenvalue weighted by Crippen LogP contribution is 2.50. The van der Waals surface area contributed by atoms with Crippen LogP contribution in [0.1, 0.15) is 25.0 Å². The standard InChI is InChI=1S/C22H21N5O5S/c1-9-8-27-15-10(2)16-13(14(26-32-16)18-23-4-5-33-18)6-12(15)7-22(17(27)11(3)31-9)19(28)24-21(30)25-20(22)29/h4-6,9,11,17H,7-8H2,1-3H3,(H2,24,25,28,29,30)/t9-,11+,17-/m1/s1. The molecule has 33 heavy (non-hydrogen) atoms. The Balaban J connectivity index is 1.61. The lowest BCUT2D eigenvalue weighted by atomic mass is 9.66. The molecule has 0 unspecified atom stereocenters. The van der Waals surface area contributed by atoms with Gasteiger partial charge in [-0.2, -0.15) is 0 Å². The van der Waals surface area contributed by atoms with E-state index in [4.69, 9.17) is 9.26 Å². The number of hydrogen-bond acceptors (Lipinski definition) is 9. The first-order valence-electron chi connectivity index (χ1n) is 10.7. The van der Waals surface area contributed by atoms with Crippen molar-refractivity contribution in [3.05, 3.63) is 28.8 Å². The van der Waals surface area contributed by atoms with Gasteiger partial charge >= 0.3 is 6.03 Å². The van der Waals surface area contributed by atoms with E-state index in [0.717, 1.165) is 27.2 Å². The van der Waals surface area contributed by atoms with Crippen LogP contribution in [0.15, 0.2) is 22.2 Å². The zero-order valence-electron chi connectivity index (χ0n) is 18.2. The van der Waals surface area contributed by atoms with Gasteiger partial charge in [-0.15, -0.1) is 11.3 Å². The normalized spacial score (nSPS) is 26.2. The zero-order valence-corrected chi connectivity index (χ0v) is 19.0. The van der Waals surface area contributed by atoms with Gasteiger partial charge in [-0.25, -0.2) is 9.78 Å². The van der Waals surface area contributed by atoms with Crippen molar-refractivity contribution in [3.63, 3.8) is 0 Å². The number of carbonyl (C=O) groups is 3. The number of thiazole rings is 1. The summed E-state index contributed by atoms with van der Waals surface area (Å²) in [6.07, 6.45) is 1.28. The maximum absolute atomic E-state index is 13.3. The van der Waals surface area contributed by atoms with Gasteiger partial charge in [0.1, 0.15) is 10.7 Å². The number of rotatable bonds is 1. The summed E-state index contributed by atoms with van der Waals surface area (Å²) in [5.41, 5.74) is 2.37. The van der Waals surface area contributed by atoms with E-state index >= 15 is 0 Å². The molecular weight excluding hydrogens is 446 g/mol. The first-order chi connectivity index (χ1) is 15.8. The molecule has 0 aliphatic carbocycles. The number of urea groups is 1. The second kappa shape index (κ2) is 6.84. The lowest BCUT2D eigenvalue weighted by Gasteiger charge is -2.55. The van der Waals surface area contributed by atoms with Gasteiger partial charge in [0, 0.05) is 29.4 Å². The molecule has 1 spiro atoms. The number of hydrogen-bond donors (Lipinski definition) is 2. The highest BCUT2D eigenvalue weighted by molar-refractivity contribution is 7.13. The average Bonchev–Trinajstić information content (AvgIpc) is 3.41. The summed E-state index contributed by atoms with van der Waals surface area (Å²) in [5.74, 6) is -1.21. The Labute approximate surface area is 192 Å². The van der Waals surface area contributed by atoms with Crippen LogP contribution in [0.3, 0.4) is 0 Å². The van der Waals surface area contributed by atoms with Crippen LogP contribution in [0.4, 0.5) is 10.5 Å². The fourth-order valence-corrected chi connectivity index (χ4v) is 6.38. The number of ether oxygens (including phenoxy) is 1. The first kappa shape index (κ1) is 20.3. The third kappa shape index (κ3) is 2.66. The minimum atomic E-state index is -1.51. The molecule has 3 aliphatic heterocycles. The number of fused-ring (bicyclic) bond motifs is 5. The molecule has 3 aliphatic rings. The number of aromatic nitrogens is 2. The van der Waals surface area contributed by atoms with Gasteiger partial charge in [-0.05, 0) is 38.8 Å². The van der Waals surface area contributed by atoms with Crippen LogP contribution in [-0.2, 0) is 20.7 Å². The maximum atomic E-state index is 13.3. The van der Waals surface area contributed by atoms with Crippen molar-refractivity contribution in [1.29, 1.82) is 0 Å². The Morgan fingerprint density at radius 2 is 1.97 bits per heavy atom. The summed E-state index contributed by atoms with van der Waals surface area (Å²) < 4.78 is 11.8. The van der Waals surface area contributed by atoms with Crippen LogP contribution < -0.4 is 15.5 Å². The zero-order chi connectivity index (χ0) is 23.1. The van der Waals surface area contributed by atoms with Crippen LogP contribution in [0.5, 0.6) is 0 Å². The maximum Gasteiger partial charge on any atom is 0.328 e. The molecule has 0 radical (unpaired) electrons. The minimum Gasteiger partial charge on any atom is -0.372 e. The molecule has 3 aromatic rings. The average molecular weight is 468 g/mol. The smallest absolute Gasteiger partial charge is 0.328 e. The summed E-state index contributed by atoms with van der Waals surface area (Å²) in [6, 6.07) is 0.541. The van der Waals surface area contributed by atoms with Crippen molar-refractivity contribution in [3.8, 4) is 10.7 Å². The summed E-state index contributed by atoms with van der Waals surface area (Å²) in [6.45, 7) is 6.27. The minimum absolute atomic E-state index is 0.119. The number of benzene rings is 1. The number of anilines is 1. The fraction of sp³-hybridized carbons (Fsp3) is 0.409. The largest absolute Gasteiger partial charge is 0.372 e. The number of barbiturate groups is 1. The Kier molecular flexibility index (Phi) is 4.21. The summed E-state index contributed by atoms with van der Waals surface area (Å²) in [5, 5.41) is 12.3. The molecule has 6 rings (SSSR count). The van der Waals surface area contributed by atoms with E-state index in [0.29, 0.717) is 17.8 Å². The molecule has 10 nitrogen and oxygen atoms in total. The number of morpholine rings is 1. The van der Waals surface area contributed by atoms with Crippen molar-refractivity contribution >= 4 is 45.8 Å². The Morgan fingerprint density at radius 3 is 2.67 bits per heavy atom. The van der Waals surface area contributed by atoms with E-state index in [1.165, 1.54) is 11.3 Å². The highest BCUT2D eigenvalue weighted by Gasteiger charge is 2.63.